The topological polar surface area (TPSA) is 20.3 Å². The van der Waals surface area contributed by atoms with Crippen molar-refractivity contribution in [2.45, 2.75) is 13.3 Å². The fraction of sp³-hybridized carbons (Fsp3) is 0.111. The van der Waals surface area contributed by atoms with Crippen LogP contribution in [0.1, 0.15) is 18.1 Å². The van der Waals surface area contributed by atoms with Crippen LogP contribution in [-0.4, -0.2) is 10.2 Å². The molecule has 0 radical (unpaired) electrons. The van der Waals surface area contributed by atoms with Gasteiger partial charge in [-0.05, 0) is 42.3 Å². The summed E-state index contributed by atoms with van der Waals surface area (Å²) in [6, 6.07) is 13.1. The highest BCUT2D eigenvalue weighted by molar-refractivity contribution is 8.27. The molecule has 1 aliphatic rings. The van der Waals surface area contributed by atoms with Crippen molar-refractivity contribution in [2.75, 3.05) is 4.90 Å². The highest BCUT2D eigenvalue weighted by Crippen LogP contribution is 2.38. The maximum Gasteiger partial charge on any atom is 0.270 e. The molecule has 3 rings (SSSR count). The second kappa shape index (κ2) is 7.28. The van der Waals surface area contributed by atoms with E-state index in [9.17, 15) is 4.79 Å². The molecule has 6 heteroatoms. The lowest BCUT2D eigenvalue weighted by molar-refractivity contribution is -0.113. The summed E-state index contributed by atoms with van der Waals surface area (Å²) in [5.74, 6) is -0.162. The van der Waals surface area contributed by atoms with E-state index in [-0.39, 0.29) is 5.91 Å². The highest BCUT2D eigenvalue weighted by atomic mass is 35.5. The van der Waals surface area contributed by atoms with Gasteiger partial charge in [-0.3, -0.25) is 9.69 Å². The van der Waals surface area contributed by atoms with Crippen molar-refractivity contribution in [2.24, 2.45) is 0 Å². The van der Waals surface area contributed by atoms with Crippen LogP contribution in [0.5, 0.6) is 0 Å². The maximum atomic E-state index is 12.8. The fourth-order valence-electron chi connectivity index (χ4n) is 2.35. The Balaban J connectivity index is 1.95. The molecule has 1 amide bonds. The number of hydrogen-bond acceptors (Lipinski definition) is 3. The third kappa shape index (κ3) is 3.38. The summed E-state index contributed by atoms with van der Waals surface area (Å²) in [5.41, 5.74) is 2.61. The quantitative estimate of drug-likeness (QED) is 0.473. The Morgan fingerprint density at radius 1 is 1.12 bits per heavy atom. The van der Waals surface area contributed by atoms with Gasteiger partial charge in [0.2, 0.25) is 0 Å². The predicted octanol–water partition coefficient (Wildman–Crippen LogP) is 5.96. The molecule has 24 heavy (non-hydrogen) atoms. The number of carbonyl (C=O) groups excluding carboxylic acids is 1. The predicted molar refractivity (Wildman–Crippen MR) is 108 cm³/mol. The molecule has 1 aliphatic heterocycles. The van der Waals surface area contributed by atoms with Crippen molar-refractivity contribution in [3.63, 3.8) is 0 Å². The van der Waals surface area contributed by atoms with Gasteiger partial charge in [-0.15, -0.1) is 0 Å². The summed E-state index contributed by atoms with van der Waals surface area (Å²) in [4.78, 5) is 14.8. The van der Waals surface area contributed by atoms with Gasteiger partial charge in [-0.2, -0.15) is 0 Å². The van der Waals surface area contributed by atoms with E-state index in [0.29, 0.717) is 24.8 Å². The lowest BCUT2D eigenvalue weighted by Crippen LogP contribution is -2.27. The average molecular weight is 394 g/mol. The third-order valence-electron chi connectivity index (χ3n) is 3.67. The number of amides is 1. The molecule has 0 saturated carbocycles. The van der Waals surface area contributed by atoms with Gasteiger partial charge in [0.15, 0.2) is 4.32 Å². The summed E-state index contributed by atoms with van der Waals surface area (Å²) in [5, 5.41) is 1.00. The van der Waals surface area contributed by atoms with E-state index in [4.69, 9.17) is 35.4 Å². The van der Waals surface area contributed by atoms with Crippen molar-refractivity contribution < 1.29 is 4.79 Å². The summed E-state index contributed by atoms with van der Waals surface area (Å²) < 4.78 is 0.499. The van der Waals surface area contributed by atoms with Gasteiger partial charge >= 0.3 is 0 Å². The van der Waals surface area contributed by atoms with E-state index < -0.39 is 0 Å². The van der Waals surface area contributed by atoms with E-state index in [2.05, 4.69) is 6.92 Å². The van der Waals surface area contributed by atoms with Gasteiger partial charge in [0.1, 0.15) is 0 Å². The van der Waals surface area contributed by atoms with Crippen LogP contribution in [-0.2, 0) is 11.2 Å². The molecule has 0 aromatic heterocycles. The van der Waals surface area contributed by atoms with E-state index in [1.165, 1.54) is 22.2 Å². The van der Waals surface area contributed by atoms with Crippen LogP contribution in [0, 0.1) is 0 Å². The standard InChI is InChI=1S/C18H13Cl2NOS2/c1-2-11-6-8-12(9-7-11)21-17(22)16(24-18(21)23)10-13-14(19)4-3-5-15(13)20/h3-10H,2H2,1H3. The van der Waals surface area contributed by atoms with Crippen LogP contribution in [0.2, 0.25) is 10.0 Å². The van der Waals surface area contributed by atoms with Crippen molar-refractivity contribution in [3.8, 4) is 0 Å². The Labute approximate surface area is 160 Å². The number of benzene rings is 2. The number of anilines is 1. The molecule has 0 N–H and O–H groups in total. The summed E-state index contributed by atoms with van der Waals surface area (Å²) in [6.45, 7) is 2.09. The molecule has 0 atom stereocenters. The number of halogens is 2. The number of carbonyl (C=O) groups is 1. The van der Waals surface area contributed by atoms with E-state index in [1.54, 1.807) is 24.3 Å². The SMILES string of the molecule is CCc1ccc(N2C(=O)C(=Cc3c(Cl)cccc3Cl)SC2=S)cc1. The Morgan fingerprint density at radius 3 is 2.33 bits per heavy atom. The molecular weight excluding hydrogens is 381 g/mol. The average Bonchev–Trinajstić information content (AvgIpc) is 2.85. The van der Waals surface area contributed by atoms with Crippen molar-refractivity contribution >= 4 is 69.2 Å². The first-order valence-corrected chi connectivity index (χ1v) is 9.30. The highest BCUT2D eigenvalue weighted by Gasteiger charge is 2.33. The number of thiocarbonyl (C=S) groups is 1. The molecule has 1 fully saturated rings. The normalized spacial score (nSPS) is 16.3. The molecular formula is C18H13Cl2NOS2. The van der Waals surface area contributed by atoms with Crippen LogP contribution in [0.25, 0.3) is 6.08 Å². The minimum atomic E-state index is -0.162. The summed E-state index contributed by atoms with van der Waals surface area (Å²) in [7, 11) is 0. The van der Waals surface area contributed by atoms with Crippen LogP contribution in [0.3, 0.4) is 0 Å². The van der Waals surface area contributed by atoms with Crippen molar-refractivity contribution in [1.82, 2.24) is 0 Å². The zero-order chi connectivity index (χ0) is 17.3. The number of rotatable bonds is 3. The van der Waals surface area contributed by atoms with Crippen molar-refractivity contribution in [1.29, 1.82) is 0 Å². The van der Waals surface area contributed by atoms with E-state index >= 15 is 0 Å². The molecule has 1 heterocycles. The van der Waals surface area contributed by atoms with Gasteiger partial charge < -0.3 is 0 Å². The van der Waals surface area contributed by atoms with Gasteiger partial charge in [0, 0.05) is 15.6 Å². The Kier molecular flexibility index (Phi) is 5.30. The second-order valence-corrected chi connectivity index (χ2v) is 7.66. The molecule has 0 aliphatic carbocycles. The Hall–Kier alpha value is -1.33. The monoisotopic (exact) mass is 393 g/mol. The minimum Gasteiger partial charge on any atom is -0.268 e. The lowest BCUT2D eigenvalue weighted by Gasteiger charge is -2.14. The zero-order valence-electron chi connectivity index (χ0n) is 12.8. The van der Waals surface area contributed by atoms with Crippen LogP contribution in [0.4, 0.5) is 5.69 Å². The lowest BCUT2D eigenvalue weighted by atomic mass is 10.1. The van der Waals surface area contributed by atoms with E-state index in [0.717, 1.165) is 12.1 Å². The molecule has 122 valence electrons. The van der Waals surface area contributed by atoms with Gasteiger partial charge in [-0.25, -0.2) is 0 Å². The molecule has 0 unspecified atom stereocenters. The molecule has 1 saturated heterocycles. The van der Waals surface area contributed by atoms with Gasteiger partial charge in [0.05, 0.1) is 10.6 Å². The molecule has 2 aromatic carbocycles. The van der Waals surface area contributed by atoms with Gasteiger partial charge in [0.25, 0.3) is 5.91 Å². The first-order valence-electron chi connectivity index (χ1n) is 7.32. The first kappa shape index (κ1) is 17.5. The molecule has 0 spiro atoms. The number of nitrogens with zero attached hydrogens (tertiary/aromatic N) is 1. The molecule has 0 bridgehead atoms. The number of hydrogen-bond donors (Lipinski definition) is 0. The largest absolute Gasteiger partial charge is 0.270 e. The van der Waals surface area contributed by atoms with Crippen LogP contribution >= 0.6 is 47.2 Å². The number of thioether (sulfide) groups is 1. The number of aryl methyl sites for hydroxylation is 1. The van der Waals surface area contributed by atoms with Crippen LogP contribution in [0.15, 0.2) is 47.4 Å². The Bertz CT molecular complexity index is 826. The van der Waals surface area contributed by atoms with E-state index in [1.807, 2.05) is 24.3 Å². The fourth-order valence-corrected chi connectivity index (χ4v) is 4.14. The summed E-state index contributed by atoms with van der Waals surface area (Å²) in [6.07, 6.45) is 2.65. The van der Waals surface area contributed by atoms with Crippen LogP contribution < -0.4 is 4.90 Å². The third-order valence-corrected chi connectivity index (χ3v) is 5.63. The maximum absolute atomic E-state index is 12.8. The first-order chi connectivity index (χ1) is 11.5. The van der Waals surface area contributed by atoms with Gasteiger partial charge in [-0.1, -0.05) is 72.3 Å². The molecule has 2 aromatic rings. The second-order valence-electron chi connectivity index (χ2n) is 5.17. The smallest absolute Gasteiger partial charge is 0.268 e. The molecule has 2 nitrogen and oxygen atoms in total. The minimum absolute atomic E-state index is 0.162. The summed E-state index contributed by atoms with van der Waals surface area (Å²) >= 11 is 19.0. The van der Waals surface area contributed by atoms with Crippen molar-refractivity contribution in [3.05, 3.63) is 68.5 Å². The zero-order valence-corrected chi connectivity index (χ0v) is 15.9. The Morgan fingerprint density at radius 2 is 1.75 bits per heavy atom.